The van der Waals surface area contributed by atoms with Gasteiger partial charge in [0.25, 0.3) is 5.91 Å². The number of carboxylic acids is 1. The van der Waals surface area contributed by atoms with Gasteiger partial charge in [0.15, 0.2) is 0 Å². The molecular formula is C13H14FN3O4. The number of hydrogen-bond acceptors (Lipinski definition) is 4. The number of hydrogen-bond donors (Lipinski definition) is 2. The van der Waals surface area contributed by atoms with Gasteiger partial charge in [-0.2, -0.15) is 0 Å². The average molecular weight is 295 g/mol. The van der Waals surface area contributed by atoms with Crippen LogP contribution < -0.4 is 0 Å². The Bertz CT molecular complexity index is 670. The van der Waals surface area contributed by atoms with Crippen molar-refractivity contribution in [1.82, 2.24) is 14.9 Å². The third-order valence-corrected chi connectivity index (χ3v) is 2.90. The van der Waals surface area contributed by atoms with Gasteiger partial charge in [0, 0.05) is 13.7 Å². The minimum atomic E-state index is -1.16. The standard InChI is InChI=1S/C13H14FN3O4/c1-21-3-2-17(6-11(18)19)13(20)9-4-8(14)5-10-12(9)16-7-15-10/h4-5,7H,2-3,6H2,1H3,(H,15,16)(H,18,19). The summed E-state index contributed by atoms with van der Waals surface area (Å²) in [5.74, 6) is -2.36. The Morgan fingerprint density at radius 2 is 2.24 bits per heavy atom. The molecular weight excluding hydrogens is 281 g/mol. The zero-order valence-electron chi connectivity index (χ0n) is 11.3. The van der Waals surface area contributed by atoms with Gasteiger partial charge >= 0.3 is 5.97 Å². The number of aromatic nitrogens is 2. The highest BCUT2D eigenvalue weighted by atomic mass is 19.1. The van der Waals surface area contributed by atoms with Crippen molar-refractivity contribution in [3.05, 3.63) is 29.8 Å². The van der Waals surface area contributed by atoms with Gasteiger partial charge in [0.2, 0.25) is 0 Å². The van der Waals surface area contributed by atoms with E-state index in [0.717, 1.165) is 11.0 Å². The van der Waals surface area contributed by atoms with Gasteiger partial charge in [-0.15, -0.1) is 0 Å². The summed E-state index contributed by atoms with van der Waals surface area (Å²) in [6, 6.07) is 2.27. The number of aliphatic carboxylic acids is 1. The van der Waals surface area contributed by atoms with E-state index in [9.17, 15) is 14.0 Å². The van der Waals surface area contributed by atoms with Crippen LogP contribution >= 0.6 is 0 Å². The molecule has 1 heterocycles. The van der Waals surface area contributed by atoms with E-state index in [1.807, 2.05) is 0 Å². The molecule has 0 saturated heterocycles. The fourth-order valence-electron chi connectivity index (χ4n) is 1.97. The maximum absolute atomic E-state index is 13.6. The van der Waals surface area contributed by atoms with Crippen LogP contribution in [0.2, 0.25) is 0 Å². The van der Waals surface area contributed by atoms with Crippen LogP contribution in [0.3, 0.4) is 0 Å². The number of amides is 1. The van der Waals surface area contributed by atoms with E-state index in [0.29, 0.717) is 11.0 Å². The molecule has 112 valence electrons. The first-order valence-electron chi connectivity index (χ1n) is 6.15. The van der Waals surface area contributed by atoms with Gasteiger partial charge < -0.3 is 19.7 Å². The summed E-state index contributed by atoms with van der Waals surface area (Å²) in [5.41, 5.74) is 0.693. The summed E-state index contributed by atoms with van der Waals surface area (Å²) in [6.45, 7) is -0.229. The molecule has 2 rings (SSSR count). The second kappa shape index (κ2) is 6.31. The van der Waals surface area contributed by atoms with Crippen molar-refractivity contribution in [2.45, 2.75) is 0 Å². The molecule has 0 aliphatic carbocycles. The lowest BCUT2D eigenvalue weighted by molar-refractivity contribution is -0.137. The first kappa shape index (κ1) is 14.9. The molecule has 0 aliphatic heterocycles. The van der Waals surface area contributed by atoms with Gasteiger partial charge in [-0.1, -0.05) is 0 Å². The summed E-state index contributed by atoms with van der Waals surface area (Å²) in [4.78, 5) is 31.1. The molecule has 2 N–H and O–H groups in total. The number of halogens is 1. The first-order chi connectivity index (χ1) is 10.0. The molecule has 0 spiro atoms. The molecule has 0 radical (unpaired) electrons. The SMILES string of the molecule is COCCN(CC(=O)O)C(=O)c1cc(F)cc2[nH]cnc12. The fraction of sp³-hybridized carbons (Fsp3) is 0.308. The van der Waals surface area contributed by atoms with Gasteiger partial charge in [0.1, 0.15) is 17.9 Å². The van der Waals surface area contributed by atoms with Crippen LogP contribution in [0.25, 0.3) is 11.0 Å². The van der Waals surface area contributed by atoms with E-state index in [4.69, 9.17) is 9.84 Å². The summed E-state index contributed by atoms with van der Waals surface area (Å²) in [5, 5.41) is 8.88. The summed E-state index contributed by atoms with van der Waals surface area (Å²) in [7, 11) is 1.44. The maximum Gasteiger partial charge on any atom is 0.323 e. The number of H-pyrrole nitrogens is 1. The molecule has 0 bridgehead atoms. The molecule has 1 aromatic carbocycles. The normalized spacial score (nSPS) is 10.8. The second-order valence-electron chi connectivity index (χ2n) is 4.37. The quantitative estimate of drug-likeness (QED) is 0.824. The van der Waals surface area contributed by atoms with Crippen molar-refractivity contribution in [3.63, 3.8) is 0 Å². The number of rotatable bonds is 6. The van der Waals surface area contributed by atoms with Crippen LogP contribution in [0.4, 0.5) is 4.39 Å². The lowest BCUT2D eigenvalue weighted by Crippen LogP contribution is -2.38. The Labute approximate surface area is 119 Å². The van der Waals surface area contributed by atoms with E-state index in [-0.39, 0.29) is 18.7 Å². The highest BCUT2D eigenvalue weighted by molar-refractivity contribution is 6.05. The van der Waals surface area contributed by atoms with Crippen molar-refractivity contribution in [2.75, 3.05) is 26.8 Å². The Morgan fingerprint density at radius 1 is 1.48 bits per heavy atom. The monoisotopic (exact) mass is 295 g/mol. The van der Waals surface area contributed by atoms with Crippen LogP contribution in [0, 0.1) is 5.82 Å². The van der Waals surface area contributed by atoms with E-state index in [2.05, 4.69) is 9.97 Å². The summed E-state index contributed by atoms with van der Waals surface area (Å²) in [6.07, 6.45) is 1.34. The number of carbonyl (C=O) groups excluding carboxylic acids is 1. The number of methoxy groups -OCH3 is 1. The number of aromatic amines is 1. The average Bonchev–Trinajstić information content (AvgIpc) is 2.89. The van der Waals surface area contributed by atoms with E-state index in [1.165, 1.54) is 19.5 Å². The first-order valence-corrected chi connectivity index (χ1v) is 6.15. The smallest absolute Gasteiger partial charge is 0.323 e. The topological polar surface area (TPSA) is 95.5 Å². The number of fused-ring (bicyclic) bond motifs is 1. The Hall–Kier alpha value is -2.48. The fourth-order valence-corrected chi connectivity index (χ4v) is 1.97. The number of nitrogens with zero attached hydrogens (tertiary/aromatic N) is 2. The molecule has 0 unspecified atom stereocenters. The molecule has 0 aliphatic rings. The minimum absolute atomic E-state index is 0.0172. The Balaban J connectivity index is 2.37. The molecule has 0 fully saturated rings. The predicted molar refractivity (Wildman–Crippen MR) is 71.5 cm³/mol. The summed E-state index contributed by atoms with van der Waals surface area (Å²) < 4.78 is 18.4. The number of nitrogens with one attached hydrogen (secondary N) is 1. The van der Waals surface area contributed by atoms with Crippen molar-refractivity contribution < 1.29 is 23.8 Å². The molecule has 1 amide bonds. The van der Waals surface area contributed by atoms with Crippen LogP contribution in [0.1, 0.15) is 10.4 Å². The predicted octanol–water partition coefficient (Wildman–Crippen LogP) is 0.875. The van der Waals surface area contributed by atoms with Gasteiger partial charge in [-0.3, -0.25) is 9.59 Å². The molecule has 0 atom stereocenters. The van der Waals surface area contributed by atoms with Crippen LogP contribution in [-0.4, -0.2) is 58.7 Å². The van der Waals surface area contributed by atoms with E-state index >= 15 is 0 Å². The summed E-state index contributed by atoms with van der Waals surface area (Å²) >= 11 is 0. The van der Waals surface area contributed by atoms with Gasteiger partial charge in [-0.05, 0) is 12.1 Å². The van der Waals surface area contributed by atoms with Gasteiger partial charge in [0.05, 0.1) is 24.0 Å². The third kappa shape index (κ3) is 3.34. The highest BCUT2D eigenvalue weighted by Gasteiger charge is 2.22. The van der Waals surface area contributed by atoms with Crippen molar-refractivity contribution in [3.8, 4) is 0 Å². The molecule has 7 nitrogen and oxygen atoms in total. The lowest BCUT2D eigenvalue weighted by Gasteiger charge is -2.20. The lowest BCUT2D eigenvalue weighted by atomic mass is 10.1. The minimum Gasteiger partial charge on any atom is -0.480 e. The van der Waals surface area contributed by atoms with Crippen molar-refractivity contribution in [1.29, 1.82) is 0 Å². The maximum atomic E-state index is 13.6. The molecule has 1 aromatic heterocycles. The third-order valence-electron chi connectivity index (χ3n) is 2.90. The zero-order chi connectivity index (χ0) is 15.4. The Kier molecular flexibility index (Phi) is 4.49. The highest BCUT2D eigenvalue weighted by Crippen LogP contribution is 2.19. The second-order valence-corrected chi connectivity index (χ2v) is 4.37. The van der Waals surface area contributed by atoms with Crippen LogP contribution in [0.5, 0.6) is 0 Å². The van der Waals surface area contributed by atoms with E-state index in [1.54, 1.807) is 0 Å². The molecule has 8 heteroatoms. The number of ether oxygens (including phenoxy) is 1. The molecule has 21 heavy (non-hydrogen) atoms. The largest absolute Gasteiger partial charge is 0.480 e. The Morgan fingerprint density at radius 3 is 2.90 bits per heavy atom. The van der Waals surface area contributed by atoms with E-state index < -0.39 is 24.2 Å². The zero-order valence-corrected chi connectivity index (χ0v) is 11.3. The van der Waals surface area contributed by atoms with Crippen molar-refractivity contribution in [2.24, 2.45) is 0 Å². The molecule has 2 aromatic rings. The van der Waals surface area contributed by atoms with Crippen LogP contribution in [0.15, 0.2) is 18.5 Å². The van der Waals surface area contributed by atoms with Crippen LogP contribution in [-0.2, 0) is 9.53 Å². The van der Waals surface area contributed by atoms with Crippen molar-refractivity contribution >= 4 is 22.9 Å². The number of carbonyl (C=O) groups is 2. The number of imidazole rings is 1. The number of carboxylic acid groups (broad SMARTS) is 1. The molecule has 0 saturated carbocycles. The van der Waals surface area contributed by atoms with Gasteiger partial charge in [-0.25, -0.2) is 9.37 Å². The number of benzene rings is 1.